The Balaban J connectivity index is 1.43. The molecule has 2 aromatic carbocycles. The van der Waals surface area contributed by atoms with Gasteiger partial charge in [-0.1, -0.05) is 36.4 Å². The molecule has 0 unspecified atom stereocenters. The van der Waals surface area contributed by atoms with E-state index < -0.39 is 0 Å². The van der Waals surface area contributed by atoms with Crippen LogP contribution in [0.2, 0.25) is 0 Å². The Hall–Kier alpha value is -2.24. The molecule has 0 aliphatic carbocycles. The molecule has 26 heavy (non-hydrogen) atoms. The lowest BCUT2D eigenvalue weighted by molar-refractivity contribution is -0.120. The summed E-state index contributed by atoms with van der Waals surface area (Å²) in [6.07, 6.45) is 0.266. The zero-order valence-electron chi connectivity index (χ0n) is 15.2. The van der Waals surface area contributed by atoms with Crippen molar-refractivity contribution in [2.75, 3.05) is 33.2 Å². The van der Waals surface area contributed by atoms with E-state index in [4.69, 9.17) is 0 Å². The van der Waals surface area contributed by atoms with Gasteiger partial charge in [-0.15, -0.1) is 0 Å². The molecule has 4 nitrogen and oxygen atoms in total. The van der Waals surface area contributed by atoms with Crippen molar-refractivity contribution in [3.63, 3.8) is 0 Å². The minimum Gasteiger partial charge on any atom is -0.352 e. The van der Waals surface area contributed by atoms with Crippen LogP contribution < -0.4 is 5.32 Å². The molecule has 1 aliphatic heterocycles. The highest BCUT2D eigenvalue weighted by molar-refractivity contribution is 5.78. The molecule has 1 saturated heterocycles. The van der Waals surface area contributed by atoms with Crippen molar-refractivity contribution >= 4 is 5.91 Å². The van der Waals surface area contributed by atoms with Crippen molar-refractivity contribution in [1.82, 2.24) is 15.1 Å². The topological polar surface area (TPSA) is 35.6 Å². The molecular weight excluding hydrogens is 329 g/mol. The Bertz CT molecular complexity index is 707. The lowest BCUT2D eigenvalue weighted by Gasteiger charge is -2.32. The third-order valence-corrected chi connectivity index (χ3v) is 4.79. The van der Waals surface area contributed by atoms with E-state index in [1.54, 1.807) is 12.1 Å². The third-order valence-electron chi connectivity index (χ3n) is 4.79. The molecule has 5 heteroatoms. The molecule has 1 heterocycles. The SMILES string of the molecule is CN1CCN(Cc2ccc(CNC(=O)Cc3ccc(F)cc3)cc2)CC1. The largest absolute Gasteiger partial charge is 0.352 e. The fraction of sp³-hybridized carbons (Fsp3) is 0.381. The first-order valence-corrected chi connectivity index (χ1v) is 9.08. The molecule has 1 amide bonds. The van der Waals surface area contributed by atoms with Crippen LogP contribution >= 0.6 is 0 Å². The third kappa shape index (κ3) is 5.64. The van der Waals surface area contributed by atoms with E-state index in [-0.39, 0.29) is 18.1 Å². The average molecular weight is 355 g/mol. The molecule has 1 aliphatic rings. The van der Waals surface area contributed by atoms with E-state index in [2.05, 4.69) is 46.4 Å². The van der Waals surface area contributed by atoms with E-state index >= 15 is 0 Å². The standard InChI is InChI=1S/C21H26FN3O/c1-24-10-12-25(13-11-24)16-19-4-2-18(3-5-19)15-23-21(26)14-17-6-8-20(22)9-7-17/h2-9H,10-16H2,1H3,(H,23,26). The van der Waals surface area contributed by atoms with Crippen molar-refractivity contribution < 1.29 is 9.18 Å². The van der Waals surface area contributed by atoms with Crippen LogP contribution in [0, 0.1) is 5.82 Å². The number of rotatable bonds is 6. The van der Waals surface area contributed by atoms with Gasteiger partial charge in [0.05, 0.1) is 6.42 Å². The summed E-state index contributed by atoms with van der Waals surface area (Å²) in [4.78, 5) is 16.8. The molecule has 0 atom stereocenters. The number of hydrogen-bond donors (Lipinski definition) is 1. The molecule has 2 aromatic rings. The molecular formula is C21H26FN3O. The second kappa shape index (κ2) is 8.92. The number of nitrogens with zero attached hydrogens (tertiary/aromatic N) is 2. The summed E-state index contributed by atoms with van der Waals surface area (Å²) in [6.45, 7) is 5.95. The lowest BCUT2D eigenvalue weighted by atomic mass is 10.1. The number of hydrogen-bond acceptors (Lipinski definition) is 3. The molecule has 138 valence electrons. The summed E-state index contributed by atoms with van der Waals surface area (Å²) in [7, 11) is 2.16. The molecule has 0 radical (unpaired) electrons. The molecule has 0 aromatic heterocycles. The van der Waals surface area contributed by atoms with Crippen molar-refractivity contribution in [2.45, 2.75) is 19.5 Å². The van der Waals surface area contributed by atoms with Crippen LogP contribution in [0.5, 0.6) is 0 Å². The highest BCUT2D eigenvalue weighted by Gasteiger charge is 2.13. The monoisotopic (exact) mass is 355 g/mol. The Morgan fingerprint density at radius 1 is 0.923 bits per heavy atom. The zero-order chi connectivity index (χ0) is 18.4. The smallest absolute Gasteiger partial charge is 0.224 e. The van der Waals surface area contributed by atoms with Gasteiger partial charge in [0.25, 0.3) is 0 Å². The van der Waals surface area contributed by atoms with Crippen molar-refractivity contribution in [3.05, 3.63) is 71.0 Å². The number of likely N-dealkylation sites (N-methyl/N-ethyl adjacent to an activating group) is 1. The molecule has 0 bridgehead atoms. The molecule has 1 fully saturated rings. The quantitative estimate of drug-likeness (QED) is 0.865. The van der Waals surface area contributed by atoms with Crippen LogP contribution in [0.3, 0.4) is 0 Å². The fourth-order valence-corrected chi connectivity index (χ4v) is 3.08. The minimum absolute atomic E-state index is 0.0573. The lowest BCUT2D eigenvalue weighted by Crippen LogP contribution is -2.43. The maximum Gasteiger partial charge on any atom is 0.224 e. The summed E-state index contributed by atoms with van der Waals surface area (Å²) in [5, 5.41) is 2.92. The second-order valence-electron chi connectivity index (χ2n) is 6.98. The Kier molecular flexibility index (Phi) is 6.36. The first kappa shape index (κ1) is 18.5. The van der Waals surface area contributed by atoms with E-state index in [0.717, 1.165) is 43.9 Å². The maximum absolute atomic E-state index is 12.9. The van der Waals surface area contributed by atoms with Crippen LogP contribution in [0.15, 0.2) is 48.5 Å². The number of benzene rings is 2. The predicted molar refractivity (Wildman–Crippen MR) is 101 cm³/mol. The molecule has 3 rings (SSSR count). The Morgan fingerprint density at radius 2 is 1.50 bits per heavy atom. The highest BCUT2D eigenvalue weighted by Crippen LogP contribution is 2.10. The summed E-state index contributed by atoms with van der Waals surface area (Å²) in [5.74, 6) is -0.344. The van der Waals surface area contributed by atoms with Gasteiger partial charge >= 0.3 is 0 Å². The van der Waals surface area contributed by atoms with Gasteiger partial charge in [-0.25, -0.2) is 4.39 Å². The Morgan fingerprint density at radius 3 is 2.15 bits per heavy atom. The van der Waals surface area contributed by atoms with Crippen LogP contribution in [0.1, 0.15) is 16.7 Å². The normalized spacial score (nSPS) is 15.8. The zero-order valence-corrected chi connectivity index (χ0v) is 15.2. The van der Waals surface area contributed by atoms with Gasteiger partial charge in [0.1, 0.15) is 5.82 Å². The van der Waals surface area contributed by atoms with Gasteiger partial charge in [-0.2, -0.15) is 0 Å². The van der Waals surface area contributed by atoms with Gasteiger partial charge in [-0.3, -0.25) is 9.69 Å². The number of nitrogens with one attached hydrogen (secondary N) is 1. The van der Waals surface area contributed by atoms with E-state index in [1.807, 2.05) is 0 Å². The number of carbonyl (C=O) groups excluding carboxylic acids is 1. The molecule has 0 saturated carbocycles. The van der Waals surface area contributed by atoms with Crippen molar-refractivity contribution in [1.29, 1.82) is 0 Å². The van der Waals surface area contributed by atoms with Crippen LogP contribution in [0.4, 0.5) is 4.39 Å². The summed E-state index contributed by atoms with van der Waals surface area (Å²) in [6, 6.07) is 14.5. The molecule has 1 N–H and O–H groups in total. The van der Waals surface area contributed by atoms with Gasteiger partial charge < -0.3 is 10.2 Å². The van der Waals surface area contributed by atoms with Crippen molar-refractivity contribution in [2.24, 2.45) is 0 Å². The maximum atomic E-state index is 12.9. The van der Waals surface area contributed by atoms with Gasteiger partial charge in [0.15, 0.2) is 0 Å². The minimum atomic E-state index is -0.286. The van der Waals surface area contributed by atoms with Gasteiger partial charge in [-0.05, 0) is 35.9 Å². The van der Waals surface area contributed by atoms with Gasteiger partial charge in [0.2, 0.25) is 5.91 Å². The van der Waals surface area contributed by atoms with E-state index in [0.29, 0.717) is 6.54 Å². The van der Waals surface area contributed by atoms with Crippen LogP contribution in [-0.4, -0.2) is 48.9 Å². The molecule has 0 spiro atoms. The van der Waals surface area contributed by atoms with Gasteiger partial charge in [0, 0.05) is 39.3 Å². The Labute approximate surface area is 154 Å². The number of piperazine rings is 1. The predicted octanol–water partition coefficient (Wildman–Crippen LogP) is 2.43. The number of carbonyl (C=O) groups is 1. The highest BCUT2D eigenvalue weighted by atomic mass is 19.1. The van der Waals surface area contributed by atoms with Crippen LogP contribution in [-0.2, 0) is 24.3 Å². The first-order valence-electron chi connectivity index (χ1n) is 9.08. The fourth-order valence-electron chi connectivity index (χ4n) is 3.08. The number of amides is 1. The van der Waals surface area contributed by atoms with Crippen LogP contribution in [0.25, 0.3) is 0 Å². The second-order valence-corrected chi connectivity index (χ2v) is 6.98. The average Bonchev–Trinajstić information content (AvgIpc) is 2.65. The first-order chi connectivity index (χ1) is 12.6. The number of halogens is 1. The van der Waals surface area contributed by atoms with E-state index in [1.165, 1.54) is 17.7 Å². The van der Waals surface area contributed by atoms with E-state index in [9.17, 15) is 9.18 Å². The summed E-state index contributed by atoms with van der Waals surface area (Å²) < 4.78 is 12.9. The summed E-state index contributed by atoms with van der Waals surface area (Å²) in [5.41, 5.74) is 3.20. The van der Waals surface area contributed by atoms with Crippen molar-refractivity contribution in [3.8, 4) is 0 Å². The summed E-state index contributed by atoms with van der Waals surface area (Å²) >= 11 is 0.